The number of alkyl halides is 3. The molecule has 0 bridgehead atoms. The van der Waals surface area contributed by atoms with E-state index in [1.165, 1.54) is 6.07 Å². The quantitative estimate of drug-likeness (QED) is 0.644. The maximum absolute atomic E-state index is 13.2. The lowest BCUT2D eigenvalue weighted by Gasteiger charge is -2.28. The fraction of sp³-hybridized carbons (Fsp3) is 0.533. The molecule has 1 aromatic carbocycles. The van der Waals surface area contributed by atoms with Crippen molar-refractivity contribution in [1.29, 1.82) is 5.41 Å². The average molecular weight is 299 g/mol. The lowest BCUT2D eigenvalue weighted by atomic mass is 10.0. The van der Waals surface area contributed by atoms with Crippen molar-refractivity contribution in [2.75, 3.05) is 11.4 Å². The Morgan fingerprint density at radius 2 is 2.00 bits per heavy atom. The van der Waals surface area contributed by atoms with E-state index in [2.05, 4.69) is 0 Å². The van der Waals surface area contributed by atoms with Gasteiger partial charge in [-0.15, -0.1) is 0 Å². The summed E-state index contributed by atoms with van der Waals surface area (Å²) in [5.74, 6) is -0.192. The Morgan fingerprint density at radius 3 is 2.43 bits per heavy atom. The average Bonchev–Trinajstić information content (AvgIpc) is 3.18. The van der Waals surface area contributed by atoms with Crippen LogP contribution in [0.5, 0.6) is 0 Å². The molecular formula is C15H20F3N3. The first kappa shape index (κ1) is 15.7. The van der Waals surface area contributed by atoms with Crippen LogP contribution in [0, 0.1) is 11.3 Å². The van der Waals surface area contributed by atoms with Crippen LogP contribution >= 0.6 is 0 Å². The van der Waals surface area contributed by atoms with Gasteiger partial charge in [-0.1, -0.05) is 13.8 Å². The lowest BCUT2D eigenvalue weighted by molar-refractivity contribution is -0.137. The highest BCUT2D eigenvalue weighted by Gasteiger charge is 2.36. The van der Waals surface area contributed by atoms with E-state index in [0.29, 0.717) is 17.6 Å². The monoisotopic (exact) mass is 299 g/mol. The molecule has 6 heteroatoms. The molecule has 0 heterocycles. The number of anilines is 1. The van der Waals surface area contributed by atoms with Crippen molar-refractivity contribution in [3.63, 3.8) is 0 Å². The first-order chi connectivity index (χ1) is 9.70. The van der Waals surface area contributed by atoms with Crippen molar-refractivity contribution in [3.8, 4) is 0 Å². The van der Waals surface area contributed by atoms with Gasteiger partial charge in [-0.3, -0.25) is 5.41 Å². The number of amidine groups is 1. The number of nitrogen functional groups attached to an aromatic ring is 1. The van der Waals surface area contributed by atoms with Gasteiger partial charge in [0, 0.05) is 23.8 Å². The zero-order chi connectivity index (χ0) is 15.8. The van der Waals surface area contributed by atoms with Gasteiger partial charge in [0.1, 0.15) is 5.84 Å². The predicted octanol–water partition coefficient (Wildman–Crippen LogP) is 3.61. The summed E-state index contributed by atoms with van der Waals surface area (Å²) < 4.78 is 39.5. The van der Waals surface area contributed by atoms with Crippen molar-refractivity contribution in [3.05, 3.63) is 29.3 Å². The number of nitrogens with one attached hydrogen (secondary N) is 1. The maximum atomic E-state index is 13.2. The zero-order valence-electron chi connectivity index (χ0n) is 12.2. The summed E-state index contributed by atoms with van der Waals surface area (Å²) in [6, 6.07) is 4.39. The summed E-state index contributed by atoms with van der Waals surface area (Å²) in [6.45, 7) is 4.81. The number of nitrogens with zero attached hydrogens (tertiary/aromatic N) is 1. The second-order valence-corrected chi connectivity index (χ2v) is 5.92. The first-order valence-corrected chi connectivity index (χ1v) is 7.02. The van der Waals surface area contributed by atoms with E-state index in [4.69, 9.17) is 11.1 Å². The third-order valence-corrected chi connectivity index (χ3v) is 3.48. The van der Waals surface area contributed by atoms with Gasteiger partial charge in [0.15, 0.2) is 0 Å². The third kappa shape index (κ3) is 3.68. The summed E-state index contributed by atoms with van der Waals surface area (Å²) in [6.07, 6.45) is -2.48. The minimum Gasteiger partial charge on any atom is -0.384 e. The zero-order valence-corrected chi connectivity index (χ0v) is 12.2. The van der Waals surface area contributed by atoms with Crippen LogP contribution in [0.15, 0.2) is 18.2 Å². The molecule has 21 heavy (non-hydrogen) atoms. The van der Waals surface area contributed by atoms with Gasteiger partial charge >= 0.3 is 6.18 Å². The number of hydrogen-bond acceptors (Lipinski definition) is 2. The number of benzene rings is 1. The first-order valence-electron chi connectivity index (χ1n) is 7.02. The smallest absolute Gasteiger partial charge is 0.384 e. The van der Waals surface area contributed by atoms with Gasteiger partial charge < -0.3 is 10.6 Å². The molecule has 116 valence electrons. The molecule has 0 atom stereocenters. The Bertz CT molecular complexity index is 533. The van der Waals surface area contributed by atoms with Gasteiger partial charge in [0.2, 0.25) is 0 Å². The minimum absolute atomic E-state index is 0.258. The van der Waals surface area contributed by atoms with Crippen molar-refractivity contribution in [1.82, 2.24) is 0 Å². The van der Waals surface area contributed by atoms with Crippen molar-refractivity contribution < 1.29 is 13.2 Å². The lowest BCUT2D eigenvalue weighted by Crippen LogP contribution is -2.30. The Balaban J connectivity index is 2.42. The van der Waals surface area contributed by atoms with E-state index in [9.17, 15) is 13.2 Å². The van der Waals surface area contributed by atoms with E-state index in [-0.39, 0.29) is 5.56 Å². The Hall–Kier alpha value is -1.72. The fourth-order valence-electron chi connectivity index (χ4n) is 2.43. The Morgan fingerprint density at radius 1 is 1.38 bits per heavy atom. The third-order valence-electron chi connectivity index (χ3n) is 3.48. The van der Waals surface area contributed by atoms with E-state index in [1.54, 1.807) is 6.07 Å². The summed E-state index contributed by atoms with van der Waals surface area (Å²) in [4.78, 5) is 2.03. The number of hydrogen-bond donors (Lipinski definition) is 2. The molecular weight excluding hydrogens is 279 g/mol. The Kier molecular flexibility index (Phi) is 4.16. The van der Waals surface area contributed by atoms with Crippen LogP contribution in [0.2, 0.25) is 0 Å². The topological polar surface area (TPSA) is 53.1 Å². The molecule has 1 fully saturated rings. The van der Waals surface area contributed by atoms with Crippen LogP contribution in [0.25, 0.3) is 0 Å². The summed E-state index contributed by atoms with van der Waals surface area (Å²) in [5.41, 5.74) is 4.73. The van der Waals surface area contributed by atoms with Gasteiger partial charge in [0.25, 0.3) is 0 Å². The Labute approximate surface area is 122 Å². The molecule has 1 aromatic rings. The molecule has 0 aliphatic heterocycles. The van der Waals surface area contributed by atoms with Gasteiger partial charge in [-0.25, -0.2) is 0 Å². The SMILES string of the molecule is CC(C)CN(c1ccc(C(=N)N)c(C(F)(F)F)c1)C1CC1. The molecule has 1 saturated carbocycles. The second kappa shape index (κ2) is 5.58. The van der Waals surface area contributed by atoms with Crippen molar-refractivity contribution in [2.24, 2.45) is 11.7 Å². The van der Waals surface area contributed by atoms with Crippen LogP contribution in [0.4, 0.5) is 18.9 Å². The molecule has 1 aliphatic carbocycles. The highest BCUT2D eigenvalue weighted by Crippen LogP contribution is 2.38. The summed E-state index contributed by atoms with van der Waals surface area (Å²) >= 11 is 0. The molecule has 0 saturated heterocycles. The van der Waals surface area contributed by atoms with Crippen LogP contribution in [-0.4, -0.2) is 18.4 Å². The van der Waals surface area contributed by atoms with Gasteiger partial charge in [0.05, 0.1) is 5.56 Å². The molecule has 0 unspecified atom stereocenters. The normalized spacial score (nSPS) is 15.3. The fourth-order valence-corrected chi connectivity index (χ4v) is 2.43. The van der Waals surface area contributed by atoms with Gasteiger partial charge in [-0.05, 0) is 37.0 Å². The van der Waals surface area contributed by atoms with E-state index >= 15 is 0 Å². The molecule has 2 rings (SSSR count). The molecule has 0 amide bonds. The highest BCUT2D eigenvalue weighted by molar-refractivity contribution is 5.97. The van der Waals surface area contributed by atoms with E-state index in [1.807, 2.05) is 18.7 Å². The minimum atomic E-state index is -4.51. The standard InChI is InChI=1S/C15H20F3N3/c1-9(2)8-21(10-3-4-10)11-5-6-12(14(19)20)13(7-11)15(16,17)18/h5-7,9-10H,3-4,8H2,1-2H3,(H3,19,20). The van der Waals surface area contributed by atoms with Crippen LogP contribution in [0.3, 0.4) is 0 Å². The molecule has 0 radical (unpaired) electrons. The second-order valence-electron chi connectivity index (χ2n) is 5.92. The molecule has 3 nitrogen and oxygen atoms in total. The molecule has 3 N–H and O–H groups in total. The van der Waals surface area contributed by atoms with Crippen LogP contribution in [0.1, 0.15) is 37.8 Å². The van der Waals surface area contributed by atoms with E-state index < -0.39 is 17.6 Å². The predicted molar refractivity (Wildman–Crippen MR) is 77.7 cm³/mol. The molecule has 1 aliphatic rings. The number of halogens is 3. The maximum Gasteiger partial charge on any atom is 0.417 e. The molecule has 0 spiro atoms. The van der Waals surface area contributed by atoms with Crippen molar-refractivity contribution >= 4 is 11.5 Å². The van der Waals surface area contributed by atoms with Crippen LogP contribution in [-0.2, 0) is 6.18 Å². The largest absolute Gasteiger partial charge is 0.417 e. The van der Waals surface area contributed by atoms with Crippen molar-refractivity contribution in [2.45, 2.75) is 38.9 Å². The highest BCUT2D eigenvalue weighted by atomic mass is 19.4. The summed E-state index contributed by atoms with van der Waals surface area (Å²) in [7, 11) is 0. The number of nitrogens with two attached hydrogens (primary N) is 1. The molecule has 0 aromatic heterocycles. The number of rotatable bonds is 5. The van der Waals surface area contributed by atoms with Crippen LogP contribution < -0.4 is 10.6 Å². The summed E-state index contributed by atoms with van der Waals surface area (Å²) in [5, 5.41) is 7.31. The van der Waals surface area contributed by atoms with E-state index in [0.717, 1.165) is 25.5 Å². The van der Waals surface area contributed by atoms with Gasteiger partial charge in [-0.2, -0.15) is 13.2 Å².